The Morgan fingerprint density at radius 3 is 2.17 bits per heavy atom. The Morgan fingerprint density at radius 1 is 0.857 bits per heavy atom. The van der Waals surface area contributed by atoms with Crippen LogP contribution in [0.5, 0.6) is 0 Å². The average molecular weight is 471 g/mol. The van der Waals surface area contributed by atoms with Gasteiger partial charge >= 0.3 is 0 Å². The maximum absolute atomic E-state index is 13.7. The predicted octanol–water partition coefficient (Wildman–Crippen LogP) is 5.83. The Bertz CT molecular complexity index is 1090. The van der Waals surface area contributed by atoms with E-state index >= 15 is 0 Å². The van der Waals surface area contributed by atoms with E-state index in [9.17, 15) is 9.59 Å². The number of carbonyl (C=O) groups excluding carboxylic acids is 2. The molecular weight excluding hydrogens is 432 g/mol. The highest BCUT2D eigenvalue weighted by molar-refractivity contribution is 5.88. The lowest BCUT2D eigenvalue weighted by Gasteiger charge is -2.31. The van der Waals surface area contributed by atoms with E-state index in [1.807, 2.05) is 62.4 Å². The zero-order valence-electron chi connectivity index (χ0n) is 21.5. The molecule has 0 saturated heterocycles. The zero-order chi connectivity index (χ0) is 25.2. The molecule has 0 radical (unpaired) electrons. The minimum Gasteiger partial charge on any atom is -0.355 e. The van der Waals surface area contributed by atoms with Crippen molar-refractivity contribution < 1.29 is 9.59 Å². The van der Waals surface area contributed by atoms with Gasteiger partial charge in [-0.25, -0.2) is 0 Å². The fourth-order valence-electron chi connectivity index (χ4n) is 4.32. The molecular formula is C31H38N2O2. The van der Waals surface area contributed by atoms with Gasteiger partial charge in [-0.1, -0.05) is 98.3 Å². The second-order valence-electron chi connectivity index (χ2n) is 9.51. The predicted molar refractivity (Wildman–Crippen MR) is 143 cm³/mol. The number of amides is 2. The van der Waals surface area contributed by atoms with E-state index in [1.54, 1.807) is 4.90 Å². The Kier molecular flexibility index (Phi) is 9.66. The number of benzene rings is 3. The van der Waals surface area contributed by atoms with Crippen LogP contribution in [0, 0.1) is 6.92 Å². The quantitative estimate of drug-likeness (QED) is 0.383. The number of carbonyl (C=O) groups is 2. The van der Waals surface area contributed by atoms with Gasteiger partial charge in [0.05, 0.1) is 0 Å². The standard InChI is InChI=1S/C31H38N2O2/c1-5-32-31(35)29(21-26-11-7-6-8-12-26)33(22-27-13-9-10-24(4)20-27)30(34)19-16-25-14-17-28(18-15-25)23(2)3/h6-15,17-18,20,23,29H,5,16,19,21-22H2,1-4H3,(H,32,35). The van der Waals surface area contributed by atoms with E-state index in [-0.39, 0.29) is 11.8 Å². The van der Waals surface area contributed by atoms with Crippen molar-refractivity contribution in [3.8, 4) is 0 Å². The summed E-state index contributed by atoms with van der Waals surface area (Å²) in [6, 6.07) is 26.0. The van der Waals surface area contributed by atoms with Gasteiger partial charge in [-0.2, -0.15) is 0 Å². The molecule has 2 amide bonds. The summed E-state index contributed by atoms with van der Waals surface area (Å²) < 4.78 is 0. The lowest BCUT2D eigenvalue weighted by Crippen LogP contribution is -2.50. The Labute approximate surface area is 210 Å². The van der Waals surface area contributed by atoms with E-state index in [0.717, 1.165) is 22.3 Å². The maximum Gasteiger partial charge on any atom is 0.243 e. The largest absolute Gasteiger partial charge is 0.355 e. The van der Waals surface area contributed by atoms with Crippen molar-refractivity contribution >= 4 is 11.8 Å². The fraction of sp³-hybridized carbons (Fsp3) is 0.355. The summed E-state index contributed by atoms with van der Waals surface area (Å²) >= 11 is 0. The van der Waals surface area contributed by atoms with E-state index in [1.165, 1.54) is 5.56 Å². The van der Waals surface area contributed by atoms with E-state index in [4.69, 9.17) is 0 Å². The number of hydrogen-bond donors (Lipinski definition) is 1. The van der Waals surface area contributed by atoms with E-state index < -0.39 is 6.04 Å². The summed E-state index contributed by atoms with van der Waals surface area (Å²) in [5.74, 6) is 0.358. The van der Waals surface area contributed by atoms with Gasteiger partial charge in [0.25, 0.3) is 0 Å². The van der Waals surface area contributed by atoms with Gasteiger partial charge in [0.2, 0.25) is 11.8 Å². The zero-order valence-corrected chi connectivity index (χ0v) is 21.5. The van der Waals surface area contributed by atoms with Crippen LogP contribution in [0.15, 0.2) is 78.9 Å². The van der Waals surface area contributed by atoms with E-state index in [2.05, 4.69) is 49.5 Å². The molecule has 4 nitrogen and oxygen atoms in total. The summed E-state index contributed by atoms with van der Waals surface area (Å²) in [6.45, 7) is 9.23. The number of likely N-dealkylation sites (N-methyl/N-ethyl adjacent to an activating group) is 1. The van der Waals surface area contributed by atoms with Crippen LogP contribution in [0.1, 0.15) is 60.9 Å². The molecule has 0 aliphatic rings. The molecule has 3 aromatic carbocycles. The minimum atomic E-state index is -0.575. The highest BCUT2D eigenvalue weighted by atomic mass is 16.2. The smallest absolute Gasteiger partial charge is 0.243 e. The number of hydrogen-bond acceptors (Lipinski definition) is 2. The summed E-state index contributed by atoms with van der Waals surface area (Å²) in [7, 11) is 0. The van der Waals surface area contributed by atoms with Crippen LogP contribution in [-0.2, 0) is 29.0 Å². The summed E-state index contributed by atoms with van der Waals surface area (Å²) in [4.78, 5) is 28.7. The van der Waals surface area contributed by atoms with Crippen LogP contribution in [-0.4, -0.2) is 29.3 Å². The molecule has 0 aliphatic carbocycles. The Morgan fingerprint density at radius 2 is 1.54 bits per heavy atom. The van der Waals surface area contributed by atoms with Gasteiger partial charge in [0.15, 0.2) is 0 Å². The monoisotopic (exact) mass is 470 g/mol. The highest BCUT2D eigenvalue weighted by Crippen LogP contribution is 2.19. The topological polar surface area (TPSA) is 49.4 Å². The van der Waals surface area contributed by atoms with Crippen LogP contribution >= 0.6 is 0 Å². The van der Waals surface area contributed by atoms with E-state index in [0.29, 0.717) is 38.3 Å². The van der Waals surface area contributed by atoms with Crippen molar-refractivity contribution in [2.75, 3.05) is 6.54 Å². The first-order chi connectivity index (χ1) is 16.9. The highest BCUT2D eigenvalue weighted by Gasteiger charge is 2.29. The summed E-state index contributed by atoms with van der Waals surface area (Å²) in [5.41, 5.74) is 5.63. The number of nitrogens with zero attached hydrogens (tertiary/aromatic N) is 1. The molecule has 0 saturated carbocycles. The first kappa shape index (κ1) is 26.2. The second-order valence-corrected chi connectivity index (χ2v) is 9.51. The van der Waals surface area contributed by atoms with Gasteiger partial charge in [-0.3, -0.25) is 9.59 Å². The average Bonchev–Trinajstić information content (AvgIpc) is 2.85. The number of nitrogens with one attached hydrogen (secondary N) is 1. The molecule has 3 aromatic rings. The Balaban J connectivity index is 1.86. The third kappa shape index (κ3) is 7.81. The molecule has 1 unspecified atom stereocenters. The molecule has 1 N–H and O–H groups in total. The van der Waals surface area contributed by atoms with Crippen molar-refractivity contribution in [2.24, 2.45) is 0 Å². The van der Waals surface area contributed by atoms with Crippen LogP contribution in [0.4, 0.5) is 0 Å². The maximum atomic E-state index is 13.7. The molecule has 0 aromatic heterocycles. The van der Waals surface area contributed by atoms with Gasteiger partial charge < -0.3 is 10.2 Å². The molecule has 184 valence electrons. The lowest BCUT2D eigenvalue weighted by molar-refractivity contribution is -0.141. The van der Waals surface area contributed by atoms with Crippen molar-refractivity contribution in [3.05, 3.63) is 107 Å². The number of aryl methyl sites for hydroxylation is 2. The van der Waals surface area contributed by atoms with Gasteiger partial charge in [0.1, 0.15) is 6.04 Å². The van der Waals surface area contributed by atoms with Crippen molar-refractivity contribution in [1.29, 1.82) is 0 Å². The van der Waals surface area contributed by atoms with Crippen molar-refractivity contribution in [2.45, 2.75) is 65.5 Å². The SMILES string of the molecule is CCNC(=O)C(Cc1ccccc1)N(Cc1cccc(C)c1)C(=O)CCc1ccc(C(C)C)cc1. The van der Waals surface area contributed by atoms with Gasteiger partial charge in [-0.15, -0.1) is 0 Å². The molecule has 0 bridgehead atoms. The molecule has 35 heavy (non-hydrogen) atoms. The first-order valence-corrected chi connectivity index (χ1v) is 12.6. The Hall–Kier alpha value is -3.40. The van der Waals surface area contributed by atoms with Crippen molar-refractivity contribution in [1.82, 2.24) is 10.2 Å². The summed E-state index contributed by atoms with van der Waals surface area (Å²) in [6.07, 6.45) is 1.49. The van der Waals surface area contributed by atoms with Gasteiger partial charge in [0, 0.05) is 25.9 Å². The number of rotatable bonds is 11. The molecule has 0 fully saturated rings. The third-order valence-electron chi connectivity index (χ3n) is 6.33. The van der Waals surface area contributed by atoms with Crippen molar-refractivity contribution in [3.63, 3.8) is 0 Å². The van der Waals surface area contributed by atoms with Gasteiger partial charge in [-0.05, 0) is 48.4 Å². The van der Waals surface area contributed by atoms with Crippen LogP contribution < -0.4 is 5.32 Å². The molecule has 3 rings (SSSR count). The first-order valence-electron chi connectivity index (χ1n) is 12.6. The van der Waals surface area contributed by atoms with Crippen LogP contribution in [0.2, 0.25) is 0 Å². The fourth-order valence-corrected chi connectivity index (χ4v) is 4.32. The summed E-state index contributed by atoms with van der Waals surface area (Å²) in [5, 5.41) is 2.96. The minimum absolute atomic E-state index is 0.00775. The second kappa shape index (κ2) is 12.9. The molecule has 4 heteroatoms. The molecule has 0 spiro atoms. The lowest BCUT2D eigenvalue weighted by atomic mass is 9.99. The molecule has 0 aliphatic heterocycles. The third-order valence-corrected chi connectivity index (χ3v) is 6.33. The molecule has 1 atom stereocenters. The van der Waals surface area contributed by atoms with Crippen LogP contribution in [0.3, 0.4) is 0 Å². The molecule has 0 heterocycles. The normalized spacial score (nSPS) is 11.8. The van der Waals surface area contributed by atoms with Crippen LogP contribution in [0.25, 0.3) is 0 Å².